The third kappa shape index (κ3) is 8.95. The number of benzene rings is 1. The maximum atomic E-state index is 12.1. The average molecular weight is 448 g/mol. The Hall–Kier alpha value is -1.51. The van der Waals surface area contributed by atoms with Crippen LogP contribution in [0.1, 0.15) is 31.1 Å². The minimum absolute atomic E-state index is 0. The number of hydrogen-bond acceptors (Lipinski definition) is 3. The molecule has 0 spiro atoms. The topological polar surface area (TPSA) is 74.8 Å². The molecule has 6 nitrogen and oxygen atoms in total. The van der Waals surface area contributed by atoms with E-state index in [-0.39, 0.29) is 29.9 Å². The normalized spacial score (nSPS) is 10.8. The van der Waals surface area contributed by atoms with Crippen molar-refractivity contribution in [2.24, 2.45) is 10.9 Å². The molecule has 0 aliphatic rings. The predicted molar refractivity (Wildman–Crippen MR) is 110 cm³/mol. The molecule has 0 radical (unpaired) electrons. The fourth-order valence-electron chi connectivity index (χ4n) is 1.84. The van der Waals surface area contributed by atoms with Crippen molar-refractivity contribution >= 4 is 35.8 Å². The first kappa shape index (κ1) is 22.5. The minimum Gasteiger partial charge on any atom is -0.497 e. The Kier molecular flexibility index (Phi) is 12.0. The second-order valence-corrected chi connectivity index (χ2v) is 5.53. The fraction of sp³-hybridized carbons (Fsp3) is 0.529. The van der Waals surface area contributed by atoms with E-state index in [0.29, 0.717) is 30.3 Å². The number of guanidine groups is 1. The molecule has 136 valence electrons. The molecule has 1 aromatic carbocycles. The number of nitrogens with zero attached hydrogens (tertiary/aromatic N) is 1. The van der Waals surface area contributed by atoms with Gasteiger partial charge in [-0.15, -0.1) is 24.0 Å². The van der Waals surface area contributed by atoms with Gasteiger partial charge in [-0.1, -0.05) is 19.9 Å². The molecule has 0 unspecified atom stereocenters. The molecule has 1 amide bonds. The number of methoxy groups -OCH3 is 1. The molecule has 7 heteroatoms. The van der Waals surface area contributed by atoms with Crippen molar-refractivity contribution in [2.45, 2.75) is 20.8 Å². The van der Waals surface area contributed by atoms with Crippen LogP contribution in [0.3, 0.4) is 0 Å². The molecule has 0 saturated heterocycles. The molecule has 0 aliphatic carbocycles. The van der Waals surface area contributed by atoms with Gasteiger partial charge in [-0.3, -0.25) is 9.79 Å². The maximum Gasteiger partial charge on any atom is 0.251 e. The van der Waals surface area contributed by atoms with Crippen molar-refractivity contribution in [3.8, 4) is 5.75 Å². The number of hydrogen-bond donors (Lipinski definition) is 3. The van der Waals surface area contributed by atoms with Gasteiger partial charge in [-0.25, -0.2) is 0 Å². The van der Waals surface area contributed by atoms with Crippen LogP contribution in [0.25, 0.3) is 0 Å². The molecule has 0 atom stereocenters. The zero-order valence-electron chi connectivity index (χ0n) is 14.9. The highest BCUT2D eigenvalue weighted by Crippen LogP contribution is 2.12. The molecule has 0 fully saturated rings. The summed E-state index contributed by atoms with van der Waals surface area (Å²) in [5, 5.41) is 9.26. The van der Waals surface area contributed by atoms with E-state index in [2.05, 4.69) is 34.8 Å². The molecule has 1 rings (SSSR count). The standard InChI is InChI=1S/C17H28N4O2.HI/c1-5-18-17(21-12-13(2)3)20-10-9-19-16(22)14-7-6-8-15(11-14)23-4;/h6-8,11,13H,5,9-10,12H2,1-4H3,(H,19,22)(H2,18,20,21);1H. The first-order valence-electron chi connectivity index (χ1n) is 8.01. The van der Waals surface area contributed by atoms with Crippen LogP contribution in [-0.2, 0) is 0 Å². The Balaban J connectivity index is 0.00000529. The number of aliphatic imine (C=N–C) groups is 1. The maximum absolute atomic E-state index is 12.1. The number of rotatable bonds is 8. The number of ether oxygens (including phenoxy) is 1. The summed E-state index contributed by atoms with van der Waals surface area (Å²) < 4.78 is 5.12. The molecule has 0 aliphatic heterocycles. The molecule has 0 bridgehead atoms. The van der Waals surface area contributed by atoms with Crippen LogP contribution in [0.2, 0.25) is 0 Å². The van der Waals surface area contributed by atoms with Gasteiger partial charge in [0.15, 0.2) is 5.96 Å². The molecule has 1 aromatic rings. The molecular formula is C17H29IN4O2. The van der Waals surface area contributed by atoms with Crippen molar-refractivity contribution in [1.29, 1.82) is 0 Å². The summed E-state index contributed by atoms with van der Waals surface area (Å²) >= 11 is 0. The van der Waals surface area contributed by atoms with E-state index in [1.807, 2.05) is 13.0 Å². The summed E-state index contributed by atoms with van der Waals surface area (Å²) in [6, 6.07) is 7.09. The average Bonchev–Trinajstić information content (AvgIpc) is 2.56. The van der Waals surface area contributed by atoms with Gasteiger partial charge in [0.25, 0.3) is 5.91 Å². The largest absolute Gasteiger partial charge is 0.497 e. The Morgan fingerprint density at radius 3 is 2.54 bits per heavy atom. The number of halogens is 1. The highest BCUT2D eigenvalue weighted by molar-refractivity contribution is 14.0. The van der Waals surface area contributed by atoms with E-state index in [0.717, 1.165) is 19.0 Å². The summed E-state index contributed by atoms with van der Waals surface area (Å²) in [4.78, 5) is 16.5. The van der Waals surface area contributed by atoms with Crippen LogP contribution in [0.4, 0.5) is 0 Å². The smallest absolute Gasteiger partial charge is 0.251 e. The highest BCUT2D eigenvalue weighted by atomic mass is 127. The zero-order chi connectivity index (χ0) is 17.1. The van der Waals surface area contributed by atoms with E-state index >= 15 is 0 Å². The Labute approximate surface area is 161 Å². The summed E-state index contributed by atoms with van der Waals surface area (Å²) in [5.41, 5.74) is 0.588. The quantitative estimate of drug-likeness (QED) is 0.247. The molecule has 0 heterocycles. The third-order valence-corrected chi connectivity index (χ3v) is 2.99. The lowest BCUT2D eigenvalue weighted by atomic mass is 10.2. The monoisotopic (exact) mass is 448 g/mol. The van der Waals surface area contributed by atoms with Crippen LogP contribution < -0.4 is 20.7 Å². The SMILES string of the molecule is CCNC(=NCC(C)C)NCCNC(=O)c1cccc(OC)c1.I. The second kappa shape index (κ2) is 12.9. The minimum atomic E-state index is -0.116. The summed E-state index contributed by atoms with van der Waals surface area (Å²) in [6.45, 7) is 8.98. The number of carbonyl (C=O) groups is 1. The third-order valence-electron chi connectivity index (χ3n) is 2.99. The lowest BCUT2D eigenvalue weighted by Crippen LogP contribution is -2.41. The van der Waals surface area contributed by atoms with Crippen molar-refractivity contribution in [1.82, 2.24) is 16.0 Å². The second-order valence-electron chi connectivity index (χ2n) is 5.53. The van der Waals surface area contributed by atoms with E-state index in [4.69, 9.17) is 4.74 Å². The Morgan fingerprint density at radius 1 is 1.21 bits per heavy atom. The van der Waals surface area contributed by atoms with Crippen molar-refractivity contribution < 1.29 is 9.53 Å². The molecule has 0 aromatic heterocycles. The van der Waals surface area contributed by atoms with Gasteiger partial charge >= 0.3 is 0 Å². The van der Waals surface area contributed by atoms with E-state index in [1.54, 1.807) is 25.3 Å². The van der Waals surface area contributed by atoms with Crippen LogP contribution >= 0.6 is 24.0 Å². The van der Waals surface area contributed by atoms with E-state index < -0.39 is 0 Å². The van der Waals surface area contributed by atoms with Gasteiger partial charge in [0, 0.05) is 31.7 Å². The van der Waals surface area contributed by atoms with Crippen LogP contribution in [0.5, 0.6) is 5.75 Å². The Bertz CT molecular complexity index is 521. The number of amides is 1. The molecule has 3 N–H and O–H groups in total. The van der Waals surface area contributed by atoms with Gasteiger partial charge in [0.05, 0.1) is 7.11 Å². The van der Waals surface area contributed by atoms with E-state index in [9.17, 15) is 4.79 Å². The van der Waals surface area contributed by atoms with Gasteiger partial charge in [0.1, 0.15) is 5.75 Å². The zero-order valence-corrected chi connectivity index (χ0v) is 17.2. The summed E-state index contributed by atoms with van der Waals surface area (Å²) in [5.74, 6) is 1.84. The van der Waals surface area contributed by atoms with Crippen molar-refractivity contribution in [3.63, 3.8) is 0 Å². The molecule has 24 heavy (non-hydrogen) atoms. The van der Waals surface area contributed by atoms with Crippen LogP contribution in [-0.4, -0.2) is 45.2 Å². The first-order valence-corrected chi connectivity index (χ1v) is 8.01. The number of nitrogens with one attached hydrogen (secondary N) is 3. The predicted octanol–water partition coefficient (Wildman–Crippen LogP) is 2.25. The van der Waals surface area contributed by atoms with Crippen LogP contribution in [0, 0.1) is 5.92 Å². The highest BCUT2D eigenvalue weighted by Gasteiger charge is 2.06. The fourth-order valence-corrected chi connectivity index (χ4v) is 1.84. The first-order chi connectivity index (χ1) is 11.1. The van der Waals surface area contributed by atoms with Crippen molar-refractivity contribution in [2.75, 3.05) is 33.3 Å². The lowest BCUT2D eigenvalue weighted by molar-refractivity contribution is 0.0954. The van der Waals surface area contributed by atoms with Crippen molar-refractivity contribution in [3.05, 3.63) is 29.8 Å². The van der Waals surface area contributed by atoms with Gasteiger partial charge in [-0.05, 0) is 31.0 Å². The molecule has 0 saturated carbocycles. The van der Waals surface area contributed by atoms with Gasteiger partial charge in [-0.2, -0.15) is 0 Å². The summed E-state index contributed by atoms with van der Waals surface area (Å²) in [7, 11) is 1.58. The van der Waals surface area contributed by atoms with E-state index in [1.165, 1.54) is 0 Å². The Morgan fingerprint density at radius 2 is 1.92 bits per heavy atom. The lowest BCUT2D eigenvalue weighted by Gasteiger charge is -2.12. The molecular weight excluding hydrogens is 419 g/mol. The van der Waals surface area contributed by atoms with Gasteiger partial charge in [0.2, 0.25) is 0 Å². The van der Waals surface area contributed by atoms with Gasteiger partial charge < -0.3 is 20.7 Å². The number of carbonyl (C=O) groups excluding carboxylic acids is 1. The summed E-state index contributed by atoms with van der Waals surface area (Å²) in [6.07, 6.45) is 0. The van der Waals surface area contributed by atoms with Crippen LogP contribution in [0.15, 0.2) is 29.3 Å².